The van der Waals surface area contributed by atoms with Gasteiger partial charge in [-0.1, -0.05) is 0 Å². The normalized spacial score (nSPS) is 13.2. The molecule has 0 saturated heterocycles. The van der Waals surface area contributed by atoms with Crippen LogP contribution in [0.1, 0.15) is 17.3 Å². The lowest BCUT2D eigenvalue weighted by Gasteiger charge is -1.97. The minimum absolute atomic E-state index is 0.194. The van der Waals surface area contributed by atoms with Crippen LogP contribution in [-0.4, -0.2) is 29.0 Å². The smallest absolute Gasteiger partial charge is 0.337 e. The summed E-state index contributed by atoms with van der Waals surface area (Å²) in [6.45, 7) is 1.85. The topological polar surface area (TPSA) is 62.5 Å². The molecule has 1 radical (unpaired) electrons. The quantitative estimate of drug-likeness (QED) is 0.615. The van der Waals surface area contributed by atoms with E-state index >= 15 is 0 Å². The lowest BCUT2D eigenvalue weighted by molar-refractivity contribution is 0.0696. The Hall–Kier alpha value is -1.65. The number of carbonyl (C=O) groups is 1. The van der Waals surface area contributed by atoms with Gasteiger partial charge in [0.2, 0.25) is 7.28 Å². The number of hydrogen-bond acceptors (Lipinski definition) is 3. The standard InChI is InChI=1S/C8H6BN2O2/c1-4-9-6-2-5(8(12)13)3-10-7(6)11-4/h2-3H,1H3,(H,12,13). The van der Waals surface area contributed by atoms with E-state index in [1.54, 1.807) is 6.07 Å². The van der Waals surface area contributed by atoms with Crippen LogP contribution in [0.2, 0.25) is 0 Å². The van der Waals surface area contributed by atoms with Crippen molar-refractivity contribution in [1.82, 2.24) is 4.98 Å². The van der Waals surface area contributed by atoms with Crippen LogP contribution >= 0.6 is 0 Å². The van der Waals surface area contributed by atoms with Crippen molar-refractivity contribution >= 4 is 30.1 Å². The van der Waals surface area contributed by atoms with Crippen molar-refractivity contribution < 1.29 is 9.90 Å². The number of aliphatic imine (C=N–C) groups is 1. The first-order valence-corrected chi connectivity index (χ1v) is 3.80. The maximum Gasteiger partial charge on any atom is 0.337 e. The third-order valence-corrected chi connectivity index (χ3v) is 1.79. The minimum atomic E-state index is -0.965. The molecule has 5 heteroatoms. The van der Waals surface area contributed by atoms with Gasteiger partial charge in [-0.15, -0.1) is 0 Å². The van der Waals surface area contributed by atoms with Gasteiger partial charge in [0.15, 0.2) is 0 Å². The maximum absolute atomic E-state index is 10.6. The van der Waals surface area contributed by atoms with Crippen LogP contribution in [0.25, 0.3) is 0 Å². The molecule has 0 unspecified atom stereocenters. The number of fused-ring (bicyclic) bond motifs is 1. The van der Waals surface area contributed by atoms with Gasteiger partial charge in [0, 0.05) is 6.20 Å². The highest BCUT2D eigenvalue weighted by molar-refractivity contribution is 6.87. The molecular formula is C8H6BN2O2. The second-order valence-electron chi connectivity index (χ2n) is 2.84. The highest BCUT2D eigenvalue weighted by Gasteiger charge is 2.16. The lowest BCUT2D eigenvalue weighted by atomic mass is 9.68. The summed E-state index contributed by atoms with van der Waals surface area (Å²) in [7, 11) is 1.81. The summed E-state index contributed by atoms with van der Waals surface area (Å²) < 4.78 is 0. The Balaban J connectivity index is 2.45. The van der Waals surface area contributed by atoms with Gasteiger partial charge < -0.3 is 5.11 Å². The average Bonchev–Trinajstić information content (AvgIpc) is 2.42. The van der Waals surface area contributed by atoms with Gasteiger partial charge in [0.25, 0.3) is 0 Å². The third-order valence-electron chi connectivity index (χ3n) is 1.79. The van der Waals surface area contributed by atoms with Crippen LogP contribution < -0.4 is 5.46 Å². The van der Waals surface area contributed by atoms with E-state index in [2.05, 4.69) is 9.98 Å². The zero-order valence-electron chi connectivity index (χ0n) is 6.98. The molecule has 0 bridgehead atoms. The second-order valence-corrected chi connectivity index (χ2v) is 2.84. The molecule has 13 heavy (non-hydrogen) atoms. The van der Waals surface area contributed by atoms with Crippen LogP contribution in [0.4, 0.5) is 5.82 Å². The van der Waals surface area contributed by atoms with Gasteiger partial charge in [0.1, 0.15) is 5.82 Å². The Morgan fingerprint density at radius 2 is 2.38 bits per heavy atom. The molecule has 4 nitrogen and oxygen atoms in total. The van der Waals surface area contributed by atoms with Crippen molar-refractivity contribution in [3.8, 4) is 0 Å². The number of carboxylic acid groups (broad SMARTS) is 1. The SMILES string of the molecule is CC1=Nc2ncc(C(=O)O)cc2[B]1. The predicted octanol–water partition coefficient (Wildman–Crippen LogP) is 0.173. The first-order valence-electron chi connectivity index (χ1n) is 3.80. The van der Waals surface area contributed by atoms with Crippen LogP contribution in [-0.2, 0) is 0 Å². The molecule has 0 amide bonds. The number of rotatable bonds is 1. The summed E-state index contributed by atoms with van der Waals surface area (Å²) >= 11 is 0. The molecule has 1 aromatic rings. The van der Waals surface area contributed by atoms with Crippen molar-refractivity contribution in [2.75, 3.05) is 0 Å². The van der Waals surface area contributed by atoms with Crippen LogP contribution in [0.3, 0.4) is 0 Å². The Labute approximate surface area is 75.6 Å². The van der Waals surface area contributed by atoms with E-state index in [-0.39, 0.29) is 5.56 Å². The van der Waals surface area contributed by atoms with Crippen LogP contribution in [0, 0.1) is 0 Å². The maximum atomic E-state index is 10.6. The Morgan fingerprint density at radius 3 is 3.08 bits per heavy atom. The first-order chi connectivity index (χ1) is 6.16. The highest BCUT2D eigenvalue weighted by Crippen LogP contribution is 2.11. The molecule has 63 valence electrons. The van der Waals surface area contributed by atoms with Crippen molar-refractivity contribution in [2.24, 2.45) is 4.99 Å². The lowest BCUT2D eigenvalue weighted by Crippen LogP contribution is -2.17. The highest BCUT2D eigenvalue weighted by atomic mass is 16.4. The van der Waals surface area contributed by atoms with E-state index in [0.29, 0.717) is 5.82 Å². The molecule has 2 heterocycles. The zero-order valence-corrected chi connectivity index (χ0v) is 6.98. The molecule has 2 rings (SSSR count). The van der Waals surface area contributed by atoms with Crippen molar-refractivity contribution in [2.45, 2.75) is 6.92 Å². The molecule has 0 saturated carbocycles. The Morgan fingerprint density at radius 1 is 1.62 bits per heavy atom. The van der Waals surface area contributed by atoms with E-state index in [9.17, 15) is 4.79 Å². The van der Waals surface area contributed by atoms with Gasteiger partial charge in [-0.3, -0.25) is 0 Å². The van der Waals surface area contributed by atoms with Crippen molar-refractivity contribution in [1.29, 1.82) is 0 Å². The third kappa shape index (κ3) is 1.33. The average molecular weight is 173 g/mol. The molecule has 0 atom stereocenters. The number of carboxylic acids is 1. The summed E-state index contributed by atoms with van der Waals surface area (Å²) in [4.78, 5) is 18.6. The molecule has 0 spiro atoms. The van der Waals surface area contributed by atoms with E-state index in [4.69, 9.17) is 5.11 Å². The summed E-state index contributed by atoms with van der Waals surface area (Å²) in [5.41, 5.74) is 1.82. The molecular weight excluding hydrogens is 167 g/mol. The molecule has 0 aliphatic carbocycles. The number of hydrogen-bond donors (Lipinski definition) is 1. The number of aromatic nitrogens is 1. The number of nitrogens with zero attached hydrogens (tertiary/aromatic N) is 2. The van der Waals surface area contributed by atoms with Gasteiger partial charge in [-0.05, 0) is 24.1 Å². The molecule has 0 fully saturated rings. The molecule has 1 aliphatic rings. The monoisotopic (exact) mass is 173 g/mol. The van der Waals surface area contributed by atoms with E-state index < -0.39 is 5.97 Å². The Bertz CT molecular complexity index is 415. The summed E-state index contributed by atoms with van der Waals surface area (Å²) in [5.74, 6) is -0.365. The first kappa shape index (κ1) is 7.98. The fourth-order valence-electron chi connectivity index (χ4n) is 1.22. The van der Waals surface area contributed by atoms with E-state index in [1.807, 2.05) is 14.2 Å². The predicted molar refractivity (Wildman–Crippen MR) is 49.4 cm³/mol. The second kappa shape index (κ2) is 2.69. The van der Waals surface area contributed by atoms with Gasteiger partial charge >= 0.3 is 5.97 Å². The van der Waals surface area contributed by atoms with E-state index in [0.717, 1.165) is 11.1 Å². The minimum Gasteiger partial charge on any atom is -0.478 e. The Kier molecular flexibility index (Phi) is 1.65. The van der Waals surface area contributed by atoms with Gasteiger partial charge in [-0.25, -0.2) is 14.8 Å². The largest absolute Gasteiger partial charge is 0.478 e. The zero-order chi connectivity index (χ0) is 9.42. The molecule has 0 aromatic carbocycles. The fraction of sp³-hybridized carbons (Fsp3) is 0.125. The fourth-order valence-corrected chi connectivity index (χ4v) is 1.22. The number of pyridine rings is 1. The van der Waals surface area contributed by atoms with Crippen LogP contribution in [0.15, 0.2) is 17.3 Å². The summed E-state index contributed by atoms with van der Waals surface area (Å²) in [5, 5.41) is 8.69. The summed E-state index contributed by atoms with van der Waals surface area (Å²) in [6.07, 6.45) is 1.32. The van der Waals surface area contributed by atoms with Crippen molar-refractivity contribution in [3.63, 3.8) is 0 Å². The van der Waals surface area contributed by atoms with Gasteiger partial charge in [0.05, 0.1) is 5.56 Å². The number of aromatic carboxylic acids is 1. The van der Waals surface area contributed by atoms with E-state index in [1.165, 1.54) is 6.20 Å². The molecule has 1 N–H and O–H groups in total. The van der Waals surface area contributed by atoms with Gasteiger partial charge in [-0.2, -0.15) is 0 Å². The molecule has 1 aliphatic heterocycles. The van der Waals surface area contributed by atoms with Crippen molar-refractivity contribution in [3.05, 3.63) is 17.8 Å². The van der Waals surface area contributed by atoms with Crippen LogP contribution in [0.5, 0.6) is 0 Å². The molecule has 1 aromatic heterocycles. The summed E-state index contributed by atoms with van der Waals surface area (Å²) in [6, 6.07) is 1.57.